The summed E-state index contributed by atoms with van der Waals surface area (Å²) in [6.07, 6.45) is 0.926. The lowest BCUT2D eigenvalue weighted by molar-refractivity contribution is -0.113. The second-order valence-electron chi connectivity index (χ2n) is 7.12. The van der Waals surface area contributed by atoms with Crippen molar-refractivity contribution in [1.82, 2.24) is 14.9 Å². The number of thioether (sulfide) groups is 1. The number of para-hydroxylation sites is 1. The molecule has 0 atom stereocenters. The Hall–Kier alpha value is -2.26. The average Bonchev–Trinajstić information content (AvgIpc) is 3.35. The number of anilines is 1. The number of aromatic nitrogens is 2. The van der Waals surface area contributed by atoms with Crippen LogP contribution in [-0.4, -0.2) is 33.1 Å². The molecule has 2 aromatic heterocycles. The summed E-state index contributed by atoms with van der Waals surface area (Å²) < 4.78 is 2.06. The molecular formula is C22H20N4OS3. The van der Waals surface area contributed by atoms with E-state index in [1.165, 1.54) is 22.2 Å². The molecule has 5 nitrogen and oxygen atoms in total. The summed E-state index contributed by atoms with van der Waals surface area (Å²) in [5.41, 5.74) is 3.43. The van der Waals surface area contributed by atoms with Crippen molar-refractivity contribution in [2.75, 3.05) is 17.6 Å². The quantitative estimate of drug-likeness (QED) is 0.415. The Morgan fingerprint density at radius 2 is 1.90 bits per heavy atom. The normalized spacial score (nSPS) is 14.0. The molecule has 0 aliphatic carbocycles. The van der Waals surface area contributed by atoms with E-state index in [9.17, 15) is 4.79 Å². The van der Waals surface area contributed by atoms with Gasteiger partial charge in [0.2, 0.25) is 5.91 Å². The predicted molar refractivity (Wildman–Crippen MR) is 125 cm³/mol. The van der Waals surface area contributed by atoms with E-state index in [1.807, 2.05) is 24.3 Å². The molecule has 152 valence electrons. The molecule has 1 aliphatic heterocycles. The molecule has 0 saturated heterocycles. The van der Waals surface area contributed by atoms with Gasteiger partial charge in [-0.1, -0.05) is 54.2 Å². The van der Waals surface area contributed by atoms with Crippen molar-refractivity contribution in [3.63, 3.8) is 0 Å². The Bertz CT molecular complexity index is 1140. The zero-order valence-corrected chi connectivity index (χ0v) is 18.7. The molecule has 1 aliphatic rings. The van der Waals surface area contributed by atoms with E-state index >= 15 is 0 Å². The van der Waals surface area contributed by atoms with E-state index in [-0.39, 0.29) is 5.91 Å². The predicted octanol–water partition coefficient (Wildman–Crippen LogP) is 5.04. The van der Waals surface area contributed by atoms with Gasteiger partial charge in [-0.2, -0.15) is 0 Å². The van der Waals surface area contributed by atoms with Crippen molar-refractivity contribution in [3.05, 3.63) is 70.7 Å². The molecule has 30 heavy (non-hydrogen) atoms. The van der Waals surface area contributed by atoms with E-state index in [1.54, 1.807) is 22.7 Å². The third-order valence-corrected chi connectivity index (χ3v) is 8.08. The summed E-state index contributed by atoms with van der Waals surface area (Å²) >= 11 is 4.69. The zero-order chi connectivity index (χ0) is 20.3. The van der Waals surface area contributed by atoms with E-state index in [0.29, 0.717) is 10.9 Å². The minimum Gasteiger partial charge on any atom is -0.301 e. The van der Waals surface area contributed by atoms with Gasteiger partial charge in [0.1, 0.15) is 0 Å². The number of carbonyl (C=O) groups excluding carboxylic acids is 1. The fourth-order valence-corrected chi connectivity index (χ4v) is 6.41. The summed E-state index contributed by atoms with van der Waals surface area (Å²) in [5.74, 6) is 0.302. The Kier molecular flexibility index (Phi) is 5.81. The average molecular weight is 453 g/mol. The van der Waals surface area contributed by atoms with Crippen LogP contribution in [0.15, 0.2) is 58.9 Å². The van der Waals surface area contributed by atoms with E-state index in [0.717, 1.165) is 46.3 Å². The monoisotopic (exact) mass is 452 g/mol. The highest BCUT2D eigenvalue weighted by Crippen LogP contribution is 2.31. The van der Waals surface area contributed by atoms with Gasteiger partial charge < -0.3 is 5.32 Å². The molecule has 0 radical (unpaired) electrons. The molecule has 0 bridgehead atoms. The van der Waals surface area contributed by atoms with Crippen molar-refractivity contribution in [1.29, 1.82) is 0 Å². The van der Waals surface area contributed by atoms with Crippen molar-refractivity contribution in [2.24, 2.45) is 0 Å². The summed E-state index contributed by atoms with van der Waals surface area (Å²) in [6.45, 7) is 2.82. The maximum Gasteiger partial charge on any atom is 0.236 e. The van der Waals surface area contributed by atoms with Crippen molar-refractivity contribution >= 4 is 55.7 Å². The first-order chi connectivity index (χ1) is 14.7. The molecule has 3 heterocycles. The van der Waals surface area contributed by atoms with Gasteiger partial charge in [-0.05, 0) is 17.7 Å². The van der Waals surface area contributed by atoms with Gasteiger partial charge >= 0.3 is 0 Å². The number of hydrogen-bond donors (Lipinski definition) is 1. The lowest BCUT2D eigenvalue weighted by atomic mass is 10.1. The lowest BCUT2D eigenvalue weighted by Gasteiger charge is -2.25. The number of benzene rings is 2. The first-order valence-electron chi connectivity index (χ1n) is 9.76. The molecule has 1 N–H and O–H groups in total. The number of rotatable bonds is 6. The van der Waals surface area contributed by atoms with Gasteiger partial charge in [0.05, 0.1) is 21.7 Å². The molecule has 8 heteroatoms. The fraction of sp³-hybridized carbons (Fsp3) is 0.227. The van der Waals surface area contributed by atoms with Gasteiger partial charge in [-0.25, -0.2) is 9.97 Å². The van der Waals surface area contributed by atoms with Crippen LogP contribution in [-0.2, 0) is 24.3 Å². The largest absolute Gasteiger partial charge is 0.301 e. The Morgan fingerprint density at radius 3 is 2.77 bits per heavy atom. The third-order valence-electron chi connectivity index (χ3n) is 4.91. The van der Waals surface area contributed by atoms with E-state index in [2.05, 4.69) is 50.5 Å². The number of thiazole rings is 2. The molecule has 0 fully saturated rings. The second kappa shape index (κ2) is 8.85. The summed E-state index contributed by atoms with van der Waals surface area (Å²) in [5, 5.41) is 3.68. The molecule has 2 aromatic carbocycles. The smallest absolute Gasteiger partial charge is 0.236 e. The van der Waals surface area contributed by atoms with Crippen LogP contribution in [0, 0.1) is 0 Å². The number of fused-ring (bicyclic) bond motifs is 2. The van der Waals surface area contributed by atoms with Crippen molar-refractivity contribution in [2.45, 2.75) is 23.8 Å². The minimum atomic E-state index is -0.0357. The highest BCUT2D eigenvalue weighted by molar-refractivity contribution is 8.01. The van der Waals surface area contributed by atoms with Crippen LogP contribution in [0.3, 0.4) is 0 Å². The Morgan fingerprint density at radius 1 is 1.07 bits per heavy atom. The van der Waals surface area contributed by atoms with Crippen LogP contribution in [0.4, 0.5) is 5.13 Å². The summed E-state index contributed by atoms with van der Waals surface area (Å²) in [4.78, 5) is 25.3. The number of nitrogens with zero attached hydrogens (tertiary/aromatic N) is 3. The van der Waals surface area contributed by atoms with Crippen LogP contribution in [0.1, 0.15) is 16.1 Å². The molecule has 5 rings (SSSR count). The van der Waals surface area contributed by atoms with Crippen LogP contribution in [0.25, 0.3) is 10.2 Å². The summed E-state index contributed by atoms with van der Waals surface area (Å²) in [6, 6.07) is 18.6. The van der Waals surface area contributed by atoms with Gasteiger partial charge in [0, 0.05) is 30.9 Å². The molecule has 4 aromatic rings. The van der Waals surface area contributed by atoms with Crippen molar-refractivity contribution in [3.8, 4) is 0 Å². The maximum absolute atomic E-state index is 12.4. The first kappa shape index (κ1) is 19.7. The molecule has 0 spiro atoms. The van der Waals surface area contributed by atoms with Crippen LogP contribution in [0.5, 0.6) is 0 Å². The molecule has 1 amide bonds. The van der Waals surface area contributed by atoms with Crippen LogP contribution < -0.4 is 5.32 Å². The minimum absolute atomic E-state index is 0.0357. The van der Waals surface area contributed by atoms with E-state index < -0.39 is 0 Å². The standard InChI is InChI=1S/C22H20N4OS3/c27-20(14-28-22-24-16-8-4-5-9-18(16)30-22)25-21-23-17-10-11-26(13-19(17)29-21)12-15-6-2-1-3-7-15/h1-9H,10-14H2,(H,23,25,27). The van der Waals surface area contributed by atoms with Gasteiger partial charge in [-0.15, -0.1) is 22.7 Å². The first-order valence-corrected chi connectivity index (χ1v) is 12.4. The molecule has 0 saturated carbocycles. The van der Waals surface area contributed by atoms with Crippen LogP contribution >= 0.6 is 34.4 Å². The fourth-order valence-electron chi connectivity index (χ4n) is 3.47. The van der Waals surface area contributed by atoms with Gasteiger partial charge in [0.25, 0.3) is 0 Å². The van der Waals surface area contributed by atoms with Gasteiger partial charge in [0.15, 0.2) is 9.47 Å². The Balaban J connectivity index is 1.17. The lowest BCUT2D eigenvalue weighted by Crippen LogP contribution is -2.29. The summed E-state index contributed by atoms with van der Waals surface area (Å²) in [7, 11) is 0. The SMILES string of the molecule is O=C(CSc1nc2ccccc2s1)Nc1nc2c(s1)CN(Cc1ccccc1)CC2. The van der Waals surface area contributed by atoms with E-state index in [4.69, 9.17) is 0 Å². The molecular weight excluding hydrogens is 432 g/mol. The van der Waals surface area contributed by atoms with Crippen LogP contribution in [0.2, 0.25) is 0 Å². The molecule has 0 unspecified atom stereocenters. The highest BCUT2D eigenvalue weighted by atomic mass is 32.2. The highest BCUT2D eigenvalue weighted by Gasteiger charge is 2.21. The number of amides is 1. The third kappa shape index (κ3) is 4.57. The number of nitrogens with one attached hydrogen (secondary N) is 1. The van der Waals surface area contributed by atoms with Crippen molar-refractivity contribution < 1.29 is 4.79 Å². The second-order valence-corrected chi connectivity index (χ2v) is 10.5. The topological polar surface area (TPSA) is 58.1 Å². The number of hydrogen-bond acceptors (Lipinski definition) is 7. The Labute approximate surface area is 187 Å². The maximum atomic E-state index is 12.4. The zero-order valence-electron chi connectivity index (χ0n) is 16.2. The number of carbonyl (C=O) groups is 1. The van der Waals surface area contributed by atoms with Gasteiger partial charge in [-0.3, -0.25) is 9.69 Å².